The zero-order valence-electron chi connectivity index (χ0n) is 16.0. The van der Waals surface area contributed by atoms with E-state index in [-0.39, 0.29) is 43.1 Å². The Morgan fingerprint density at radius 3 is 2.61 bits per heavy atom. The van der Waals surface area contributed by atoms with Crippen LogP contribution in [0.4, 0.5) is 4.39 Å². The van der Waals surface area contributed by atoms with Crippen molar-refractivity contribution in [1.29, 1.82) is 0 Å². The van der Waals surface area contributed by atoms with E-state index in [4.69, 9.17) is 9.47 Å². The van der Waals surface area contributed by atoms with E-state index >= 15 is 0 Å². The Bertz CT molecular complexity index is 774. The van der Waals surface area contributed by atoms with Crippen molar-refractivity contribution >= 4 is 15.9 Å². The van der Waals surface area contributed by atoms with Gasteiger partial charge in [-0.1, -0.05) is 12.1 Å². The van der Waals surface area contributed by atoms with Gasteiger partial charge in [0.25, 0.3) is 5.91 Å². The van der Waals surface area contributed by atoms with E-state index < -0.39 is 21.9 Å². The topological polar surface area (TPSA) is 76.2 Å². The first-order valence-electron chi connectivity index (χ1n) is 9.66. The third-order valence-corrected chi connectivity index (χ3v) is 7.09. The standard InChI is InChI=1S/C19H27FN2O5S/c1-15(27-14-16-6-4-5-13-26-16)19(23)21-9-11-22(12-10-21)28(24,25)18-8-3-2-7-17(18)20/h2-3,7-8,15-16H,4-6,9-14H2,1H3/t15-,16+/m1/s1. The molecule has 156 valence electrons. The highest BCUT2D eigenvalue weighted by molar-refractivity contribution is 7.89. The lowest BCUT2D eigenvalue weighted by molar-refractivity contribution is -0.147. The lowest BCUT2D eigenvalue weighted by atomic mass is 10.1. The van der Waals surface area contributed by atoms with E-state index in [0.717, 1.165) is 31.9 Å². The monoisotopic (exact) mass is 414 g/mol. The van der Waals surface area contributed by atoms with Crippen LogP contribution >= 0.6 is 0 Å². The molecule has 0 saturated carbocycles. The van der Waals surface area contributed by atoms with E-state index in [1.54, 1.807) is 11.8 Å². The van der Waals surface area contributed by atoms with Gasteiger partial charge in [0.15, 0.2) is 0 Å². The fourth-order valence-electron chi connectivity index (χ4n) is 3.46. The largest absolute Gasteiger partial charge is 0.376 e. The first-order valence-corrected chi connectivity index (χ1v) is 11.1. The molecule has 2 saturated heterocycles. The fourth-order valence-corrected chi connectivity index (χ4v) is 4.95. The zero-order chi connectivity index (χ0) is 20.1. The minimum Gasteiger partial charge on any atom is -0.376 e. The molecule has 2 atom stereocenters. The first kappa shape index (κ1) is 21.2. The predicted molar refractivity (Wildman–Crippen MR) is 101 cm³/mol. The van der Waals surface area contributed by atoms with Crippen LogP contribution < -0.4 is 0 Å². The van der Waals surface area contributed by atoms with Crippen molar-refractivity contribution in [3.05, 3.63) is 30.1 Å². The summed E-state index contributed by atoms with van der Waals surface area (Å²) in [6.45, 7) is 3.57. The van der Waals surface area contributed by atoms with Gasteiger partial charge in [0.2, 0.25) is 10.0 Å². The molecular formula is C19H27FN2O5S. The first-order chi connectivity index (χ1) is 13.4. The smallest absolute Gasteiger partial charge is 0.251 e. The Balaban J connectivity index is 1.51. The third kappa shape index (κ3) is 4.89. The molecule has 7 nitrogen and oxygen atoms in total. The summed E-state index contributed by atoms with van der Waals surface area (Å²) in [6.07, 6.45) is 2.53. The Morgan fingerprint density at radius 2 is 1.96 bits per heavy atom. The number of ether oxygens (including phenoxy) is 2. The van der Waals surface area contributed by atoms with Crippen molar-refractivity contribution < 1.29 is 27.1 Å². The number of piperazine rings is 1. The Labute approximate surface area is 165 Å². The highest BCUT2D eigenvalue weighted by Gasteiger charge is 2.33. The zero-order valence-corrected chi connectivity index (χ0v) is 16.9. The second kappa shape index (κ2) is 9.30. The lowest BCUT2D eigenvalue weighted by Crippen LogP contribution is -2.53. The summed E-state index contributed by atoms with van der Waals surface area (Å²) >= 11 is 0. The normalized spacial score (nSPS) is 22.8. The molecule has 0 spiro atoms. The number of carbonyl (C=O) groups is 1. The molecule has 2 aliphatic heterocycles. The van der Waals surface area contributed by atoms with E-state index in [2.05, 4.69) is 0 Å². The van der Waals surface area contributed by atoms with Crippen LogP contribution in [-0.4, -0.2) is 75.1 Å². The maximum atomic E-state index is 13.9. The highest BCUT2D eigenvalue weighted by Crippen LogP contribution is 2.21. The molecular weight excluding hydrogens is 387 g/mol. The summed E-state index contributed by atoms with van der Waals surface area (Å²) < 4.78 is 51.7. The van der Waals surface area contributed by atoms with Crippen LogP contribution in [-0.2, 0) is 24.3 Å². The number of halogens is 1. The molecule has 2 heterocycles. The Hall–Kier alpha value is -1.55. The second-order valence-corrected chi connectivity index (χ2v) is 9.03. The average molecular weight is 414 g/mol. The van der Waals surface area contributed by atoms with E-state index in [1.807, 2.05) is 0 Å². The quantitative estimate of drug-likeness (QED) is 0.707. The molecule has 28 heavy (non-hydrogen) atoms. The molecule has 0 unspecified atom stereocenters. The van der Waals surface area contributed by atoms with Crippen LogP contribution in [0, 0.1) is 5.82 Å². The van der Waals surface area contributed by atoms with E-state index in [1.165, 1.54) is 22.5 Å². The number of hydrogen-bond donors (Lipinski definition) is 0. The Morgan fingerprint density at radius 1 is 1.25 bits per heavy atom. The minimum absolute atomic E-state index is 0.0340. The average Bonchev–Trinajstić information content (AvgIpc) is 2.72. The summed E-state index contributed by atoms with van der Waals surface area (Å²) in [5.74, 6) is -0.938. The van der Waals surface area contributed by atoms with Crippen LogP contribution in [0.1, 0.15) is 26.2 Å². The van der Waals surface area contributed by atoms with E-state index in [9.17, 15) is 17.6 Å². The lowest BCUT2D eigenvalue weighted by Gasteiger charge is -2.35. The molecule has 9 heteroatoms. The van der Waals surface area contributed by atoms with Gasteiger partial charge in [-0.2, -0.15) is 4.31 Å². The van der Waals surface area contributed by atoms with Gasteiger partial charge in [0.05, 0.1) is 12.7 Å². The molecule has 0 aromatic heterocycles. The van der Waals surface area contributed by atoms with Gasteiger partial charge in [-0.3, -0.25) is 4.79 Å². The third-order valence-electron chi connectivity index (χ3n) is 5.16. The number of sulfonamides is 1. The van der Waals surface area contributed by atoms with Gasteiger partial charge >= 0.3 is 0 Å². The molecule has 0 aliphatic carbocycles. The van der Waals surface area contributed by atoms with Crippen LogP contribution in [0.2, 0.25) is 0 Å². The van der Waals surface area contributed by atoms with Crippen LogP contribution in [0.5, 0.6) is 0 Å². The van der Waals surface area contributed by atoms with Crippen LogP contribution in [0.3, 0.4) is 0 Å². The molecule has 1 amide bonds. The molecule has 1 aromatic carbocycles. The van der Waals surface area contributed by atoms with Crippen molar-refractivity contribution in [3.8, 4) is 0 Å². The van der Waals surface area contributed by atoms with Crippen molar-refractivity contribution in [2.45, 2.75) is 43.3 Å². The number of amides is 1. The van der Waals surface area contributed by atoms with Gasteiger partial charge in [0.1, 0.15) is 16.8 Å². The molecule has 2 fully saturated rings. The SMILES string of the molecule is C[C@@H](OC[C@@H]1CCCCO1)C(=O)N1CCN(S(=O)(=O)c2ccccc2F)CC1. The maximum absolute atomic E-state index is 13.9. The fraction of sp³-hybridized carbons (Fsp3) is 0.632. The van der Waals surface area contributed by atoms with Gasteiger partial charge in [0, 0.05) is 32.8 Å². The van der Waals surface area contributed by atoms with Crippen molar-refractivity contribution in [1.82, 2.24) is 9.21 Å². The minimum atomic E-state index is -3.91. The molecule has 1 aromatic rings. The molecule has 0 bridgehead atoms. The van der Waals surface area contributed by atoms with E-state index in [0.29, 0.717) is 6.61 Å². The van der Waals surface area contributed by atoms with Gasteiger partial charge in [-0.05, 0) is 38.3 Å². The van der Waals surface area contributed by atoms with Gasteiger partial charge in [-0.25, -0.2) is 12.8 Å². The molecule has 3 rings (SSSR count). The number of nitrogens with zero attached hydrogens (tertiary/aromatic N) is 2. The van der Waals surface area contributed by atoms with Crippen LogP contribution in [0.25, 0.3) is 0 Å². The molecule has 0 radical (unpaired) electrons. The Kier molecular flexibility index (Phi) is 7.03. The van der Waals surface area contributed by atoms with Crippen molar-refractivity contribution in [2.24, 2.45) is 0 Å². The summed E-state index contributed by atoms with van der Waals surface area (Å²) in [6, 6.07) is 5.32. The van der Waals surface area contributed by atoms with Crippen molar-refractivity contribution in [3.63, 3.8) is 0 Å². The maximum Gasteiger partial charge on any atom is 0.251 e. The van der Waals surface area contributed by atoms with Crippen molar-refractivity contribution in [2.75, 3.05) is 39.4 Å². The predicted octanol–water partition coefficient (Wildman–Crippen LogP) is 1.63. The molecule has 2 aliphatic rings. The number of hydrogen-bond acceptors (Lipinski definition) is 5. The summed E-state index contributed by atoms with van der Waals surface area (Å²) in [5, 5.41) is 0. The second-order valence-electron chi connectivity index (χ2n) is 7.12. The van der Waals surface area contributed by atoms with Gasteiger partial charge < -0.3 is 14.4 Å². The summed E-state index contributed by atoms with van der Waals surface area (Å²) in [5.41, 5.74) is 0. The van der Waals surface area contributed by atoms with Crippen LogP contribution in [0.15, 0.2) is 29.2 Å². The number of carbonyl (C=O) groups excluding carboxylic acids is 1. The van der Waals surface area contributed by atoms with Gasteiger partial charge in [-0.15, -0.1) is 0 Å². The summed E-state index contributed by atoms with van der Waals surface area (Å²) in [7, 11) is -3.91. The highest BCUT2D eigenvalue weighted by atomic mass is 32.2. The number of benzene rings is 1. The molecule has 0 N–H and O–H groups in total. The number of rotatable bonds is 6. The summed E-state index contributed by atoms with van der Waals surface area (Å²) in [4.78, 5) is 13.8.